The van der Waals surface area contributed by atoms with Gasteiger partial charge < -0.3 is 19.2 Å². The van der Waals surface area contributed by atoms with Crippen molar-refractivity contribution in [1.82, 2.24) is 0 Å². The summed E-state index contributed by atoms with van der Waals surface area (Å²) in [4.78, 5) is 30.7. The van der Waals surface area contributed by atoms with Gasteiger partial charge in [0.1, 0.15) is 27.7 Å². The lowest BCUT2D eigenvalue weighted by Crippen LogP contribution is -2.19. The third-order valence-corrected chi connectivity index (χ3v) is 13.1. The van der Waals surface area contributed by atoms with E-state index in [0.29, 0.717) is 67.3 Å². The van der Waals surface area contributed by atoms with Gasteiger partial charge in [-0.05, 0) is 154 Å². The molecule has 0 atom stereocenters. The maximum atomic E-state index is 12.9. The normalized spacial score (nSPS) is 11.7. The molecule has 8 rings (SSSR count). The van der Waals surface area contributed by atoms with E-state index in [4.69, 9.17) is 18.9 Å². The number of rotatable bonds is 9. The Kier molecular flexibility index (Phi) is 12.3. The van der Waals surface area contributed by atoms with Crippen LogP contribution >= 0.6 is 0 Å². The maximum Gasteiger partial charge on any atom is 0.417 e. The van der Waals surface area contributed by atoms with Crippen molar-refractivity contribution >= 4 is 61.7 Å². The van der Waals surface area contributed by atoms with Gasteiger partial charge in [0.05, 0.1) is 22.4 Å². The summed E-state index contributed by atoms with van der Waals surface area (Å²) in [5, 5.41) is 10.6. The zero-order valence-corrected chi connectivity index (χ0v) is 38.5. The van der Waals surface area contributed by atoms with Crippen molar-refractivity contribution in [2.75, 3.05) is 16.0 Å². The van der Waals surface area contributed by atoms with Gasteiger partial charge in [-0.2, -0.15) is 8.42 Å². The summed E-state index contributed by atoms with van der Waals surface area (Å²) < 4.78 is 53.8. The van der Waals surface area contributed by atoms with E-state index in [1.54, 1.807) is 72.8 Å². The van der Waals surface area contributed by atoms with Crippen LogP contribution in [0.2, 0.25) is 0 Å². The molecule has 0 spiro atoms. The molecule has 0 saturated heterocycles. The van der Waals surface area contributed by atoms with Gasteiger partial charge in [-0.15, -0.1) is 0 Å². The predicted octanol–water partition coefficient (Wildman–Crippen LogP) is 13.1. The molecule has 1 heterocycles. The summed E-state index contributed by atoms with van der Waals surface area (Å²) in [6, 6.07) is 35.1. The zero-order chi connectivity index (χ0) is 47.0. The van der Waals surface area contributed by atoms with Gasteiger partial charge in [0.25, 0.3) is 10.1 Å². The fourth-order valence-corrected chi connectivity index (χ4v) is 8.97. The summed E-state index contributed by atoms with van der Waals surface area (Å²) in [7, 11) is -4.64. The second-order valence-corrected chi connectivity index (χ2v) is 17.6. The third kappa shape index (κ3) is 8.86. The van der Waals surface area contributed by atoms with Crippen molar-refractivity contribution in [1.29, 1.82) is 0 Å². The topological polar surface area (TPSA) is 169 Å². The number of carbonyl (C=O) groups is 2. The van der Waals surface area contributed by atoms with Gasteiger partial charge in [0, 0.05) is 45.6 Å². The number of nitrogens with zero attached hydrogens (tertiary/aromatic N) is 1. The van der Waals surface area contributed by atoms with Crippen LogP contribution in [0.1, 0.15) is 44.5 Å². The molecule has 1 aliphatic carbocycles. The average Bonchev–Trinajstić information content (AvgIpc) is 3.30. The number of ether oxygens (including phenoxy) is 2. The number of hydrogen-bond acceptors (Lipinski definition) is 9. The molecule has 2 amide bonds. The molecule has 334 valence electrons. The minimum atomic E-state index is -4.64. The smallest absolute Gasteiger partial charge is 0.417 e. The Morgan fingerprint density at radius 1 is 0.561 bits per heavy atom. The summed E-state index contributed by atoms with van der Waals surface area (Å²) >= 11 is 0. The SMILES string of the molecule is Cc1c(C)c(NC(=O)Oc2ccccc2)c(C)c(C)c1/N=c1\ccc2c(-c3ccccc3S(=O)(=O)O)c3ccc(Nc4c(C)c(C)c(NC(=O)Oc5ccccc5)c(C)c4C)cc3oc-2c1. The van der Waals surface area contributed by atoms with Crippen LogP contribution in [0, 0.1) is 55.4 Å². The van der Waals surface area contributed by atoms with E-state index in [9.17, 15) is 22.6 Å². The van der Waals surface area contributed by atoms with Gasteiger partial charge in [-0.3, -0.25) is 15.2 Å². The Balaban J connectivity index is 1.21. The first kappa shape index (κ1) is 44.9. The lowest BCUT2D eigenvalue weighted by atomic mass is 9.93. The van der Waals surface area contributed by atoms with E-state index < -0.39 is 22.3 Å². The van der Waals surface area contributed by atoms with Gasteiger partial charge in [0.15, 0.2) is 0 Å². The van der Waals surface area contributed by atoms with Crippen LogP contribution in [0.5, 0.6) is 11.5 Å². The Bertz CT molecular complexity index is 3330. The van der Waals surface area contributed by atoms with E-state index in [2.05, 4.69) is 16.0 Å². The predicted molar refractivity (Wildman–Crippen MR) is 260 cm³/mol. The zero-order valence-electron chi connectivity index (χ0n) is 37.7. The highest BCUT2D eigenvalue weighted by Gasteiger charge is 2.25. The summed E-state index contributed by atoms with van der Waals surface area (Å²) in [6.45, 7) is 15.6. The highest BCUT2D eigenvalue weighted by Crippen LogP contribution is 2.44. The van der Waals surface area contributed by atoms with E-state index in [1.807, 2.05) is 97.9 Å². The number of benzene rings is 7. The molecule has 6 aromatic rings. The molecule has 0 aromatic heterocycles. The van der Waals surface area contributed by atoms with Crippen LogP contribution in [-0.2, 0) is 10.1 Å². The summed E-state index contributed by atoms with van der Waals surface area (Å²) in [6.07, 6.45) is -1.20. The molecule has 1 aliphatic heterocycles. The average molecular weight is 901 g/mol. The molecule has 13 heteroatoms. The van der Waals surface area contributed by atoms with E-state index in [1.165, 1.54) is 6.07 Å². The van der Waals surface area contributed by atoms with Crippen LogP contribution in [0.3, 0.4) is 0 Å². The maximum absolute atomic E-state index is 12.9. The molecule has 0 radical (unpaired) electrons. The number of nitrogens with one attached hydrogen (secondary N) is 3. The first-order valence-electron chi connectivity index (χ1n) is 21.2. The number of carbonyl (C=O) groups excluding carboxylic acids is 2. The quantitative estimate of drug-likeness (QED) is 0.0814. The molecule has 4 N–H and O–H groups in total. The lowest BCUT2D eigenvalue weighted by Gasteiger charge is -2.22. The monoisotopic (exact) mass is 900 g/mol. The van der Waals surface area contributed by atoms with Crippen molar-refractivity contribution in [3.05, 3.63) is 171 Å². The van der Waals surface area contributed by atoms with Crippen LogP contribution in [-0.4, -0.2) is 25.2 Å². The molecular weight excluding hydrogens is 853 g/mol. The van der Waals surface area contributed by atoms with Crippen LogP contribution in [0.25, 0.3) is 33.4 Å². The van der Waals surface area contributed by atoms with Crippen molar-refractivity contribution in [2.24, 2.45) is 4.99 Å². The van der Waals surface area contributed by atoms with Crippen LogP contribution in [0.4, 0.5) is 38.0 Å². The summed E-state index contributed by atoms with van der Waals surface area (Å²) in [5.74, 6) is 1.28. The Morgan fingerprint density at radius 2 is 1.06 bits per heavy atom. The van der Waals surface area contributed by atoms with Gasteiger partial charge >= 0.3 is 12.2 Å². The van der Waals surface area contributed by atoms with Crippen molar-refractivity contribution in [2.45, 2.75) is 60.3 Å². The Morgan fingerprint density at radius 3 is 1.61 bits per heavy atom. The molecule has 0 fully saturated rings. The standard InChI is InChI=1S/C53H48N4O8S/c1-29-33(5)50(56-52(58)63-39-17-11-9-12-18-39)34(6)30(2)48(29)54-37-23-25-41-44(27-37)65-45-28-38(24-26-42(45)47(41)43-21-15-16-22-46(43)66(60,61)62)55-49-31(3)35(7)51(36(8)32(49)4)57-53(59)64-40-19-13-10-14-20-40/h9-28,54H,1-8H3,(H,56,58)(H,57,59)(H,60,61,62)/b55-38+. The van der Waals surface area contributed by atoms with E-state index in [0.717, 1.165) is 55.9 Å². The number of fused-ring (bicyclic) bond motifs is 2. The minimum absolute atomic E-state index is 0.244. The lowest BCUT2D eigenvalue weighted by molar-refractivity contribution is 0.214. The number of amides is 2. The van der Waals surface area contributed by atoms with Crippen LogP contribution < -0.4 is 30.8 Å². The van der Waals surface area contributed by atoms with Gasteiger partial charge in [0.2, 0.25) is 0 Å². The van der Waals surface area contributed by atoms with Crippen LogP contribution in [0.15, 0.2) is 136 Å². The Hall–Kier alpha value is -7.74. The minimum Gasteiger partial charge on any atom is -0.456 e. The first-order valence-corrected chi connectivity index (χ1v) is 22.6. The number of para-hydroxylation sites is 2. The second kappa shape index (κ2) is 18.0. The second-order valence-electron chi connectivity index (χ2n) is 16.2. The fourth-order valence-electron chi connectivity index (χ4n) is 8.27. The fraction of sp³-hybridized carbons (Fsp3) is 0.151. The molecule has 0 bridgehead atoms. The van der Waals surface area contributed by atoms with Crippen molar-refractivity contribution in [3.8, 4) is 33.9 Å². The molecule has 0 saturated carbocycles. The molecular formula is C53H48N4O8S. The van der Waals surface area contributed by atoms with Gasteiger partial charge in [-0.1, -0.05) is 54.6 Å². The van der Waals surface area contributed by atoms with Crippen molar-refractivity contribution < 1.29 is 36.5 Å². The summed E-state index contributed by atoms with van der Waals surface area (Å²) in [5.41, 5.74) is 12.3. The molecule has 0 unspecified atom stereocenters. The molecule has 6 aromatic carbocycles. The van der Waals surface area contributed by atoms with Crippen molar-refractivity contribution in [3.63, 3.8) is 0 Å². The van der Waals surface area contributed by atoms with Gasteiger partial charge in [-0.25, -0.2) is 14.6 Å². The van der Waals surface area contributed by atoms with E-state index in [-0.39, 0.29) is 4.90 Å². The number of anilines is 4. The van der Waals surface area contributed by atoms with E-state index >= 15 is 0 Å². The largest absolute Gasteiger partial charge is 0.456 e. The third-order valence-electron chi connectivity index (χ3n) is 12.2. The first-order chi connectivity index (χ1) is 31.5. The Labute approximate surface area is 383 Å². The number of hydrogen-bond donors (Lipinski definition) is 4. The molecule has 12 nitrogen and oxygen atoms in total. The highest BCUT2D eigenvalue weighted by atomic mass is 32.2. The molecule has 2 aliphatic rings. The highest BCUT2D eigenvalue weighted by molar-refractivity contribution is 7.86. The molecule has 66 heavy (non-hydrogen) atoms.